The minimum atomic E-state index is -3.64. The minimum Gasteiger partial charge on any atom is -0.335 e. The Hall–Kier alpha value is -1.16. The number of aryl methyl sites for hydroxylation is 2. The first kappa shape index (κ1) is 21.5. The molecule has 3 aliphatic rings. The number of aromatic nitrogens is 2. The second-order valence-electron chi connectivity index (χ2n) is 8.09. The third-order valence-electron chi connectivity index (χ3n) is 6.30. The Kier molecular flexibility index (Phi) is 6.38. The lowest BCUT2D eigenvalue weighted by Crippen LogP contribution is -2.50. The van der Waals surface area contributed by atoms with Crippen molar-refractivity contribution >= 4 is 28.3 Å². The predicted molar refractivity (Wildman–Crippen MR) is 108 cm³/mol. The van der Waals surface area contributed by atoms with Crippen molar-refractivity contribution in [1.29, 1.82) is 0 Å². The molecule has 3 atom stereocenters. The highest BCUT2D eigenvalue weighted by Gasteiger charge is 2.43. The van der Waals surface area contributed by atoms with Crippen LogP contribution in [0, 0.1) is 19.8 Å². The van der Waals surface area contributed by atoms with Crippen molar-refractivity contribution in [3.8, 4) is 0 Å². The van der Waals surface area contributed by atoms with E-state index in [2.05, 4.69) is 20.4 Å². The molecule has 28 heavy (non-hydrogen) atoms. The molecule has 0 saturated carbocycles. The molecule has 4 rings (SSSR count). The zero-order valence-corrected chi connectivity index (χ0v) is 18.1. The van der Waals surface area contributed by atoms with E-state index in [9.17, 15) is 13.2 Å². The SMILES string of the molecule is Cc1n[nH]c(C)c1S(=O)(=O)N1CCCC(C(=O)N2C3CCNCC2CC3)C1.Cl. The van der Waals surface area contributed by atoms with Gasteiger partial charge in [0.1, 0.15) is 4.90 Å². The van der Waals surface area contributed by atoms with Gasteiger partial charge in [-0.2, -0.15) is 9.40 Å². The lowest BCUT2D eigenvalue weighted by molar-refractivity contribution is -0.139. The highest BCUT2D eigenvalue weighted by molar-refractivity contribution is 7.89. The topological polar surface area (TPSA) is 98.4 Å². The first-order valence-electron chi connectivity index (χ1n) is 9.94. The number of aromatic amines is 1. The molecular formula is C18H30ClN5O3S. The molecule has 8 nitrogen and oxygen atoms in total. The molecule has 0 spiro atoms. The van der Waals surface area contributed by atoms with E-state index in [-0.39, 0.29) is 41.7 Å². The summed E-state index contributed by atoms with van der Waals surface area (Å²) >= 11 is 0. The van der Waals surface area contributed by atoms with E-state index in [1.165, 1.54) is 4.31 Å². The fourth-order valence-electron chi connectivity index (χ4n) is 4.97. The van der Waals surface area contributed by atoms with Crippen LogP contribution in [0.4, 0.5) is 0 Å². The maximum Gasteiger partial charge on any atom is 0.246 e. The van der Waals surface area contributed by atoms with E-state index in [1.807, 2.05) is 0 Å². The van der Waals surface area contributed by atoms with Crippen LogP contribution in [0.2, 0.25) is 0 Å². The molecule has 0 aromatic carbocycles. The second kappa shape index (κ2) is 8.30. The number of halogens is 1. The molecule has 2 N–H and O–H groups in total. The van der Waals surface area contributed by atoms with E-state index in [1.54, 1.807) is 13.8 Å². The average Bonchev–Trinajstić information content (AvgIpc) is 3.11. The number of amides is 1. The number of carbonyl (C=O) groups is 1. The van der Waals surface area contributed by atoms with Crippen molar-refractivity contribution in [3.63, 3.8) is 0 Å². The summed E-state index contributed by atoms with van der Waals surface area (Å²) in [5.74, 6) is -0.103. The number of sulfonamides is 1. The van der Waals surface area contributed by atoms with Crippen molar-refractivity contribution in [3.05, 3.63) is 11.4 Å². The van der Waals surface area contributed by atoms with E-state index in [0.717, 1.165) is 38.8 Å². The Labute approximate surface area is 172 Å². The smallest absolute Gasteiger partial charge is 0.246 e. The molecule has 3 unspecified atom stereocenters. The highest BCUT2D eigenvalue weighted by atomic mass is 35.5. The number of nitrogens with zero attached hydrogens (tertiary/aromatic N) is 3. The largest absolute Gasteiger partial charge is 0.335 e. The van der Waals surface area contributed by atoms with Crippen molar-refractivity contribution in [2.24, 2.45) is 5.92 Å². The Bertz CT molecular complexity index is 794. The van der Waals surface area contributed by atoms with E-state index < -0.39 is 10.0 Å². The van der Waals surface area contributed by atoms with Gasteiger partial charge in [0.15, 0.2) is 0 Å². The number of H-pyrrole nitrogens is 1. The Morgan fingerprint density at radius 1 is 1.14 bits per heavy atom. The van der Waals surface area contributed by atoms with Crippen molar-refractivity contribution < 1.29 is 13.2 Å². The molecule has 3 fully saturated rings. The number of fused-ring (bicyclic) bond motifs is 2. The van der Waals surface area contributed by atoms with E-state index >= 15 is 0 Å². The van der Waals surface area contributed by atoms with Crippen LogP contribution < -0.4 is 5.32 Å². The van der Waals surface area contributed by atoms with Gasteiger partial charge in [0.05, 0.1) is 17.3 Å². The molecule has 158 valence electrons. The van der Waals surface area contributed by atoms with Crippen LogP contribution in [-0.2, 0) is 14.8 Å². The lowest BCUT2D eigenvalue weighted by Gasteiger charge is -2.36. The molecule has 3 saturated heterocycles. The third kappa shape index (κ3) is 3.69. The van der Waals surface area contributed by atoms with Crippen LogP contribution in [0.1, 0.15) is 43.5 Å². The molecule has 10 heteroatoms. The number of carbonyl (C=O) groups excluding carboxylic acids is 1. The zero-order chi connectivity index (χ0) is 19.2. The number of hydrogen-bond acceptors (Lipinski definition) is 5. The van der Waals surface area contributed by atoms with E-state index in [4.69, 9.17) is 0 Å². The number of piperidine rings is 1. The van der Waals surface area contributed by atoms with Crippen LogP contribution in [0.25, 0.3) is 0 Å². The fraction of sp³-hybridized carbons (Fsp3) is 0.778. The quantitative estimate of drug-likeness (QED) is 0.749. The summed E-state index contributed by atoms with van der Waals surface area (Å²) in [6.45, 7) is 5.96. The van der Waals surface area contributed by atoms with Crippen molar-refractivity contribution in [2.75, 3.05) is 26.2 Å². The second-order valence-corrected chi connectivity index (χ2v) is 9.96. The van der Waals surface area contributed by atoms with Crippen LogP contribution >= 0.6 is 12.4 Å². The predicted octanol–water partition coefficient (Wildman–Crippen LogP) is 1.20. The van der Waals surface area contributed by atoms with Gasteiger partial charge in [-0.15, -0.1) is 12.4 Å². The Balaban J connectivity index is 0.00000225. The molecule has 1 aromatic heterocycles. The molecule has 2 bridgehead atoms. The number of rotatable bonds is 3. The minimum absolute atomic E-state index is 0. The lowest BCUT2D eigenvalue weighted by atomic mass is 9.97. The molecule has 0 aliphatic carbocycles. The standard InChI is InChI=1S/C18H29N5O3S.ClH/c1-12-17(13(2)21-20-12)27(25,26)22-9-3-4-14(11-22)18(24)23-15-5-6-16(23)10-19-8-7-15;/h14-16,19H,3-11H2,1-2H3,(H,20,21);1H. The highest BCUT2D eigenvalue weighted by Crippen LogP contribution is 2.33. The zero-order valence-electron chi connectivity index (χ0n) is 16.5. The molecule has 1 amide bonds. The van der Waals surface area contributed by atoms with Crippen LogP contribution in [-0.4, -0.2) is 72.0 Å². The molecule has 3 aliphatic heterocycles. The third-order valence-corrected chi connectivity index (χ3v) is 8.43. The first-order chi connectivity index (χ1) is 12.9. The van der Waals surface area contributed by atoms with Crippen molar-refractivity contribution in [1.82, 2.24) is 24.7 Å². The molecule has 4 heterocycles. The van der Waals surface area contributed by atoms with Gasteiger partial charge in [0.2, 0.25) is 15.9 Å². The summed E-state index contributed by atoms with van der Waals surface area (Å²) in [7, 11) is -3.64. The monoisotopic (exact) mass is 431 g/mol. The maximum atomic E-state index is 13.3. The molecule has 0 radical (unpaired) electrons. The summed E-state index contributed by atoms with van der Waals surface area (Å²) in [5.41, 5.74) is 1.04. The summed E-state index contributed by atoms with van der Waals surface area (Å²) < 4.78 is 27.8. The first-order valence-corrected chi connectivity index (χ1v) is 11.4. The van der Waals surface area contributed by atoms with Gasteiger partial charge >= 0.3 is 0 Å². The Morgan fingerprint density at radius 3 is 2.61 bits per heavy atom. The molecule has 1 aromatic rings. The summed E-state index contributed by atoms with van der Waals surface area (Å²) in [6, 6.07) is 0.568. The van der Waals surface area contributed by atoms with Gasteiger partial charge in [-0.1, -0.05) is 0 Å². The fourth-order valence-corrected chi connectivity index (χ4v) is 6.82. The van der Waals surface area contributed by atoms with Gasteiger partial charge in [-0.3, -0.25) is 9.89 Å². The van der Waals surface area contributed by atoms with Crippen molar-refractivity contribution in [2.45, 2.75) is 62.9 Å². The maximum absolute atomic E-state index is 13.3. The van der Waals surface area contributed by atoms with Gasteiger partial charge in [0, 0.05) is 31.7 Å². The summed E-state index contributed by atoms with van der Waals surface area (Å²) in [5, 5.41) is 10.2. The van der Waals surface area contributed by atoms with Crippen LogP contribution in [0.3, 0.4) is 0 Å². The summed E-state index contributed by atoms with van der Waals surface area (Å²) in [4.78, 5) is 15.7. The van der Waals surface area contributed by atoms with Crippen LogP contribution in [0.5, 0.6) is 0 Å². The molecular weight excluding hydrogens is 402 g/mol. The average molecular weight is 432 g/mol. The van der Waals surface area contributed by atoms with Crippen LogP contribution in [0.15, 0.2) is 4.90 Å². The van der Waals surface area contributed by atoms with Gasteiger partial charge in [-0.25, -0.2) is 8.42 Å². The number of nitrogens with one attached hydrogen (secondary N) is 2. The number of hydrogen-bond donors (Lipinski definition) is 2. The Morgan fingerprint density at radius 2 is 1.89 bits per heavy atom. The van der Waals surface area contributed by atoms with Gasteiger partial charge in [0.25, 0.3) is 0 Å². The van der Waals surface area contributed by atoms with E-state index in [0.29, 0.717) is 30.4 Å². The normalized spacial score (nSPS) is 28.6. The van der Waals surface area contributed by atoms with Gasteiger partial charge in [-0.05, 0) is 52.5 Å². The van der Waals surface area contributed by atoms with Gasteiger partial charge < -0.3 is 10.2 Å². The summed E-state index contributed by atoms with van der Waals surface area (Å²) in [6.07, 6.45) is 4.58.